The molecule has 0 amide bonds. The fraction of sp³-hybridized carbons (Fsp3) is 0. The summed E-state index contributed by atoms with van der Waals surface area (Å²) in [4.78, 5) is 7.11. The summed E-state index contributed by atoms with van der Waals surface area (Å²) in [6.07, 6.45) is 4.01. The topological polar surface area (TPSA) is 16.1 Å². The zero-order valence-electron chi connectivity index (χ0n) is 23.8. The summed E-state index contributed by atoms with van der Waals surface area (Å²) in [6.45, 7) is 0. The molecule has 0 atom stereocenters. The van der Waals surface area contributed by atoms with Crippen LogP contribution in [-0.2, 0) is 0 Å². The molecule has 2 nitrogen and oxygen atoms in total. The summed E-state index contributed by atoms with van der Waals surface area (Å²) in [5.41, 5.74) is 5.70. The number of rotatable bonds is 4. The van der Waals surface area contributed by atoms with Crippen molar-refractivity contribution in [3.05, 3.63) is 158 Å². The third-order valence-corrected chi connectivity index (χ3v) is 9.83. The quantitative estimate of drug-likeness (QED) is 0.193. The first-order valence-electron chi connectivity index (χ1n) is 14.9. The van der Waals surface area contributed by atoms with E-state index in [0.717, 1.165) is 17.1 Å². The van der Waals surface area contributed by atoms with Crippen molar-refractivity contribution in [2.75, 3.05) is 4.90 Å². The van der Waals surface area contributed by atoms with E-state index in [4.69, 9.17) is 4.98 Å². The average molecular weight is 579 g/mol. The largest absolute Gasteiger partial charge is 0.308 e. The van der Waals surface area contributed by atoms with Gasteiger partial charge in [0.05, 0.1) is 16.6 Å². The van der Waals surface area contributed by atoms with Crippen LogP contribution in [0.25, 0.3) is 63.6 Å². The number of nitrogens with zero attached hydrogens (tertiary/aromatic N) is 2. The maximum Gasteiger partial charge on any atom is 0.0738 e. The minimum atomic E-state index is 1.08. The van der Waals surface area contributed by atoms with Crippen LogP contribution >= 0.6 is 11.3 Å². The second-order valence-electron chi connectivity index (χ2n) is 11.2. The molecule has 9 aromatic rings. The van der Waals surface area contributed by atoms with Crippen molar-refractivity contribution < 1.29 is 0 Å². The summed E-state index contributed by atoms with van der Waals surface area (Å²) in [7, 11) is 0. The highest BCUT2D eigenvalue weighted by Crippen LogP contribution is 2.45. The van der Waals surface area contributed by atoms with Crippen molar-refractivity contribution >= 4 is 80.9 Å². The lowest BCUT2D eigenvalue weighted by Gasteiger charge is -2.27. The molecule has 7 aromatic carbocycles. The zero-order valence-corrected chi connectivity index (χ0v) is 24.6. The monoisotopic (exact) mass is 578 g/mol. The van der Waals surface area contributed by atoms with Gasteiger partial charge in [-0.2, -0.15) is 0 Å². The Kier molecular flexibility index (Phi) is 5.71. The lowest BCUT2D eigenvalue weighted by atomic mass is 9.96. The Hall–Kier alpha value is -5.51. The molecule has 0 bridgehead atoms. The minimum absolute atomic E-state index is 1.08. The average Bonchev–Trinajstić information content (AvgIpc) is 3.48. The Labute approximate surface area is 259 Å². The van der Waals surface area contributed by atoms with Gasteiger partial charge in [0.25, 0.3) is 0 Å². The van der Waals surface area contributed by atoms with Crippen LogP contribution in [0.5, 0.6) is 0 Å². The summed E-state index contributed by atoms with van der Waals surface area (Å²) < 4.78 is 2.46. The Bertz CT molecular complexity index is 2490. The van der Waals surface area contributed by atoms with E-state index in [1.54, 1.807) is 11.3 Å². The highest BCUT2D eigenvalue weighted by Gasteiger charge is 2.20. The number of hydrogen-bond donors (Lipinski definition) is 0. The molecule has 0 aliphatic heterocycles. The molecule has 0 fully saturated rings. The maximum atomic E-state index is 4.75. The first kappa shape index (κ1) is 25.0. The van der Waals surface area contributed by atoms with Crippen LogP contribution in [-0.4, -0.2) is 4.98 Å². The lowest BCUT2D eigenvalue weighted by Crippen LogP contribution is -2.10. The van der Waals surface area contributed by atoms with E-state index >= 15 is 0 Å². The van der Waals surface area contributed by atoms with Crippen LogP contribution in [0.2, 0.25) is 0 Å². The fourth-order valence-electron chi connectivity index (χ4n) is 6.65. The molecule has 44 heavy (non-hydrogen) atoms. The van der Waals surface area contributed by atoms with Crippen LogP contribution in [0.1, 0.15) is 0 Å². The minimum Gasteiger partial charge on any atom is -0.308 e. The molecule has 3 heteroatoms. The van der Waals surface area contributed by atoms with E-state index in [9.17, 15) is 0 Å². The Morgan fingerprint density at radius 1 is 0.432 bits per heavy atom. The summed E-state index contributed by atoms with van der Waals surface area (Å²) in [5, 5.41) is 10.1. The highest BCUT2D eigenvalue weighted by molar-refractivity contribution is 7.25. The van der Waals surface area contributed by atoms with Gasteiger partial charge in [-0.25, -0.2) is 0 Å². The number of pyridine rings is 1. The van der Waals surface area contributed by atoms with Crippen LogP contribution in [0.4, 0.5) is 17.1 Å². The summed E-state index contributed by atoms with van der Waals surface area (Å²) >= 11 is 1.80. The van der Waals surface area contributed by atoms with Gasteiger partial charge < -0.3 is 4.90 Å². The smallest absolute Gasteiger partial charge is 0.0738 e. The van der Waals surface area contributed by atoms with Crippen molar-refractivity contribution in [3.63, 3.8) is 0 Å². The molecule has 0 saturated heterocycles. The van der Waals surface area contributed by atoms with Crippen molar-refractivity contribution in [2.45, 2.75) is 0 Å². The molecule has 0 N–H and O–H groups in total. The second-order valence-corrected chi connectivity index (χ2v) is 12.3. The van der Waals surface area contributed by atoms with Gasteiger partial charge in [0.15, 0.2) is 0 Å². The van der Waals surface area contributed by atoms with Crippen molar-refractivity contribution in [2.24, 2.45) is 0 Å². The predicted octanol–water partition coefficient (Wildman–Crippen LogP) is 12.0. The Morgan fingerprint density at radius 3 is 1.91 bits per heavy atom. The number of benzene rings is 7. The van der Waals surface area contributed by atoms with Gasteiger partial charge in [0, 0.05) is 33.0 Å². The Balaban J connectivity index is 1.27. The fourth-order valence-corrected chi connectivity index (χ4v) is 7.74. The van der Waals surface area contributed by atoms with Gasteiger partial charge >= 0.3 is 0 Å². The normalized spacial score (nSPS) is 11.6. The molecular formula is C41H26N2S. The molecule has 9 rings (SSSR count). The highest BCUT2D eigenvalue weighted by atomic mass is 32.1. The van der Waals surface area contributed by atoms with Crippen LogP contribution in [0.15, 0.2) is 158 Å². The molecular weight excluding hydrogens is 553 g/mol. The van der Waals surface area contributed by atoms with E-state index in [2.05, 4.69) is 150 Å². The predicted molar refractivity (Wildman–Crippen MR) is 190 cm³/mol. The second kappa shape index (κ2) is 10.0. The molecule has 2 aromatic heterocycles. The van der Waals surface area contributed by atoms with E-state index in [1.807, 2.05) is 12.4 Å². The third kappa shape index (κ3) is 3.98. The lowest BCUT2D eigenvalue weighted by molar-refractivity contribution is 1.26. The number of hydrogen-bond acceptors (Lipinski definition) is 3. The molecule has 0 unspecified atom stereocenters. The summed E-state index contributed by atoms with van der Waals surface area (Å²) in [6, 6.07) is 52.7. The van der Waals surface area contributed by atoms with Crippen molar-refractivity contribution in [1.82, 2.24) is 4.98 Å². The number of aromatic nitrogens is 1. The van der Waals surface area contributed by atoms with E-state index in [1.165, 1.54) is 63.6 Å². The van der Waals surface area contributed by atoms with Gasteiger partial charge in [-0.3, -0.25) is 4.98 Å². The van der Waals surface area contributed by atoms with Gasteiger partial charge in [-0.1, -0.05) is 115 Å². The van der Waals surface area contributed by atoms with Crippen LogP contribution < -0.4 is 4.90 Å². The number of fused-ring (bicyclic) bond motifs is 8. The molecule has 0 aliphatic carbocycles. The van der Waals surface area contributed by atoms with Gasteiger partial charge in [0.2, 0.25) is 0 Å². The molecule has 0 aliphatic rings. The summed E-state index contributed by atoms with van der Waals surface area (Å²) in [5.74, 6) is 0. The molecule has 0 radical (unpaired) electrons. The van der Waals surface area contributed by atoms with Crippen molar-refractivity contribution in [3.8, 4) is 11.1 Å². The van der Waals surface area contributed by atoms with E-state index in [-0.39, 0.29) is 0 Å². The Morgan fingerprint density at radius 2 is 1.07 bits per heavy atom. The SMILES string of the molecule is c1ccc(-c2ccc(N(c3ccc4c(ccc5c6ccccc6ccc45)c3)c3cncc4sc5ccccc5c34)cc2)cc1. The molecule has 206 valence electrons. The van der Waals surface area contributed by atoms with Crippen LogP contribution in [0, 0.1) is 0 Å². The number of anilines is 3. The van der Waals surface area contributed by atoms with E-state index < -0.39 is 0 Å². The van der Waals surface area contributed by atoms with Crippen molar-refractivity contribution in [1.29, 1.82) is 0 Å². The van der Waals surface area contributed by atoms with Crippen LogP contribution in [0.3, 0.4) is 0 Å². The van der Waals surface area contributed by atoms with Gasteiger partial charge in [0.1, 0.15) is 0 Å². The van der Waals surface area contributed by atoms with E-state index in [0.29, 0.717) is 0 Å². The molecule has 0 saturated carbocycles. The van der Waals surface area contributed by atoms with Gasteiger partial charge in [-0.15, -0.1) is 11.3 Å². The number of thiophene rings is 1. The maximum absolute atomic E-state index is 4.75. The van der Waals surface area contributed by atoms with Gasteiger partial charge in [-0.05, 0) is 73.8 Å². The zero-order chi connectivity index (χ0) is 29.0. The standard InChI is InChI=1S/C41H26N2S/c1-2-8-27(9-3-1)28-14-18-31(19-15-28)43(38-25-42-26-40-41(38)37-12-6-7-13-39(37)44-40)32-20-23-34-30(24-32)17-22-35-33-11-5-4-10-29(33)16-21-36(34)35/h1-26H. The first-order chi connectivity index (χ1) is 21.8. The third-order valence-electron chi connectivity index (χ3n) is 8.72. The molecule has 0 spiro atoms. The molecule has 2 heterocycles. The first-order valence-corrected chi connectivity index (χ1v) is 15.7.